The summed E-state index contributed by atoms with van der Waals surface area (Å²) in [5.74, 6) is 0.103. The van der Waals surface area contributed by atoms with Gasteiger partial charge in [0.15, 0.2) is 0 Å². The van der Waals surface area contributed by atoms with Gasteiger partial charge in [-0.25, -0.2) is 14.8 Å². The van der Waals surface area contributed by atoms with Crippen molar-refractivity contribution in [1.82, 2.24) is 14.9 Å². The van der Waals surface area contributed by atoms with Crippen LogP contribution in [0.15, 0.2) is 12.4 Å². The number of likely N-dealkylation sites (tertiary alicyclic amines) is 1. The first kappa shape index (κ1) is 12.3. The van der Waals surface area contributed by atoms with Crippen molar-refractivity contribution >= 4 is 11.6 Å². The lowest BCUT2D eigenvalue weighted by Crippen LogP contribution is -2.40. The summed E-state index contributed by atoms with van der Waals surface area (Å²) in [5, 5.41) is 0. The van der Waals surface area contributed by atoms with E-state index in [1.165, 1.54) is 12.4 Å². The van der Waals surface area contributed by atoms with Gasteiger partial charge in [-0.05, 0) is 0 Å². The molecule has 1 aliphatic rings. The third kappa shape index (κ3) is 2.94. The molecule has 0 unspecified atom stereocenters. The molecule has 1 amide bonds. The average Bonchev–Trinajstić information content (AvgIpc) is 2.40. The fraction of sp³-hybridized carbons (Fsp3) is 0.500. The Morgan fingerprint density at radius 3 is 2.56 bits per heavy atom. The second kappa shape index (κ2) is 5.45. The Bertz CT molecular complexity index is 458. The van der Waals surface area contributed by atoms with Gasteiger partial charge in [0.2, 0.25) is 11.6 Å². The molecule has 0 aromatic carbocycles. The molecule has 1 saturated heterocycles. The number of nitrogens with zero attached hydrogens (tertiary/aromatic N) is 4. The molecule has 1 aromatic rings. The van der Waals surface area contributed by atoms with Crippen molar-refractivity contribution in [2.45, 2.75) is 25.9 Å². The molecule has 0 atom stereocenters. The van der Waals surface area contributed by atoms with Gasteiger partial charge in [-0.15, -0.1) is 0 Å². The van der Waals surface area contributed by atoms with Gasteiger partial charge in [-0.1, -0.05) is 0 Å². The molecular formula is C12H14N4O2. The van der Waals surface area contributed by atoms with Crippen molar-refractivity contribution in [3.63, 3.8) is 0 Å². The third-order valence-electron chi connectivity index (χ3n) is 2.90. The van der Waals surface area contributed by atoms with Crippen LogP contribution >= 0.6 is 0 Å². The van der Waals surface area contributed by atoms with E-state index in [4.69, 9.17) is 11.3 Å². The number of piperidine rings is 1. The predicted octanol–water partition coefficient (Wildman–Crippen LogP) is 1.42. The van der Waals surface area contributed by atoms with Crippen molar-refractivity contribution in [2.24, 2.45) is 0 Å². The lowest BCUT2D eigenvalue weighted by atomic mass is 10.1. The average molecular weight is 246 g/mol. The lowest BCUT2D eigenvalue weighted by Gasteiger charge is -2.30. The largest absolute Gasteiger partial charge is 0.460 e. The van der Waals surface area contributed by atoms with Crippen LogP contribution < -0.4 is 4.74 Å². The van der Waals surface area contributed by atoms with Crippen LogP contribution in [0.4, 0.5) is 5.69 Å². The molecule has 0 radical (unpaired) electrons. The van der Waals surface area contributed by atoms with Crippen LogP contribution in [0.3, 0.4) is 0 Å². The zero-order valence-electron chi connectivity index (χ0n) is 10.2. The van der Waals surface area contributed by atoms with Crippen LogP contribution in [-0.4, -0.2) is 40.0 Å². The zero-order valence-corrected chi connectivity index (χ0v) is 10.2. The Morgan fingerprint density at radius 2 is 2.06 bits per heavy atom. The van der Waals surface area contributed by atoms with Gasteiger partial charge in [0.05, 0.1) is 6.57 Å². The first-order valence-electron chi connectivity index (χ1n) is 5.80. The number of aromatic nitrogens is 2. The van der Waals surface area contributed by atoms with E-state index in [2.05, 4.69) is 14.8 Å². The van der Waals surface area contributed by atoms with Crippen LogP contribution in [0.5, 0.6) is 6.01 Å². The van der Waals surface area contributed by atoms with E-state index < -0.39 is 0 Å². The fourth-order valence-corrected chi connectivity index (χ4v) is 1.87. The van der Waals surface area contributed by atoms with Gasteiger partial charge in [-0.3, -0.25) is 4.79 Å². The molecule has 0 aliphatic carbocycles. The number of carbonyl (C=O) groups excluding carboxylic acids is 1. The lowest BCUT2D eigenvalue weighted by molar-refractivity contribution is -0.130. The minimum Gasteiger partial charge on any atom is -0.460 e. The van der Waals surface area contributed by atoms with E-state index in [1.54, 1.807) is 6.92 Å². The molecule has 2 heterocycles. The van der Waals surface area contributed by atoms with E-state index in [9.17, 15) is 4.79 Å². The number of amides is 1. The summed E-state index contributed by atoms with van der Waals surface area (Å²) in [6.45, 7) is 9.79. The van der Waals surface area contributed by atoms with Crippen LogP contribution in [0.25, 0.3) is 4.85 Å². The van der Waals surface area contributed by atoms with Crippen LogP contribution in [0.1, 0.15) is 19.8 Å². The monoisotopic (exact) mass is 246 g/mol. The van der Waals surface area contributed by atoms with Crippen molar-refractivity contribution in [3.8, 4) is 6.01 Å². The molecule has 1 aromatic heterocycles. The van der Waals surface area contributed by atoms with E-state index in [-0.39, 0.29) is 12.0 Å². The van der Waals surface area contributed by atoms with Crippen molar-refractivity contribution in [2.75, 3.05) is 13.1 Å². The van der Waals surface area contributed by atoms with Crippen molar-refractivity contribution in [3.05, 3.63) is 23.8 Å². The Labute approximate surface area is 105 Å². The predicted molar refractivity (Wildman–Crippen MR) is 64.2 cm³/mol. The number of hydrogen-bond acceptors (Lipinski definition) is 4. The smallest absolute Gasteiger partial charge is 0.314 e. The fourth-order valence-electron chi connectivity index (χ4n) is 1.87. The molecule has 18 heavy (non-hydrogen) atoms. The third-order valence-corrected chi connectivity index (χ3v) is 2.90. The van der Waals surface area contributed by atoms with Crippen molar-refractivity contribution < 1.29 is 9.53 Å². The maximum Gasteiger partial charge on any atom is 0.314 e. The zero-order chi connectivity index (χ0) is 13.0. The highest BCUT2D eigenvalue weighted by atomic mass is 16.5. The van der Waals surface area contributed by atoms with Crippen LogP contribution in [0, 0.1) is 6.57 Å². The molecule has 1 aliphatic heterocycles. The molecule has 0 spiro atoms. The summed E-state index contributed by atoms with van der Waals surface area (Å²) in [6, 6.07) is 0.295. The maximum atomic E-state index is 11.2. The summed E-state index contributed by atoms with van der Waals surface area (Å²) in [7, 11) is 0. The second-order valence-electron chi connectivity index (χ2n) is 4.16. The highest BCUT2D eigenvalue weighted by molar-refractivity contribution is 5.73. The Hall–Kier alpha value is -2.16. The SMILES string of the molecule is [C-]#[N+]c1cnc(OC2CCN(C(C)=O)CC2)nc1. The topological polar surface area (TPSA) is 59.7 Å². The maximum absolute atomic E-state index is 11.2. The Morgan fingerprint density at radius 1 is 1.44 bits per heavy atom. The molecule has 94 valence electrons. The van der Waals surface area contributed by atoms with Crippen LogP contribution in [0.2, 0.25) is 0 Å². The summed E-state index contributed by atoms with van der Waals surface area (Å²) >= 11 is 0. The Kier molecular flexibility index (Phi) is 3.72. The highest BCUT2D eigenvalue weighted by Gasteiger charge is 2.22. The number of hydrogen-bond donors (Lipinski definition) is 0. The molecule has 6 nitrogen and oxygen atoms in total. The molecule has 0 bridgehead atoms. The van der Waals surface area contributed by atoms with Gasteiger partial charge < -0.3 is 9.64 Å². The van der Waals surface area contributed by atoms with E-state index in [1.807, 2.05) is 4.90 Å². The van der Waals surface area contributed by atoms with Gasteiger partial charge in [0.1, 0.15) is 6.10 Å². The Balaban J connectivity index is 1.87. The number of carbonyl (C=O) groups is 1. The van der Waals surface area contributed by atoms with E-state index >= 15 is 0 Å². The van der Waals surface area contributed by atoms with Gasteiger partial charge in [0.25, 0.3) is 0 Å². The van der Waals surface area contributed by atoms with Gasteiger partial charge >= 0.3 is 6.01 Å². The quantitative estimate of drug-likeness (QED) is 0.740. The summed E-state index contributed by atoms with van der Waals surface area (Å²) < 4.78 is 5.62. The number of rotatable bonds is 2. The first-order valence-corrected chi connectivity index (χ1v) is 5.80. The molecule has 0 N–H and O–H groups in total. The first-order chi connectivity index (χ1) is 8.69. The minimum atomic E-state index is 0.0411. The standard InChI is InChI=1S/C12H14N4O2/c1-9(17)16-5-3-11(4-6-16)18-12-14-7-10(13-2)8-15-12/h7-8,11H,3-6H2,1H3. The summed E-state index contributed by atoms with van der Waals surface area (Å²) in [6.07, 6.45) is 4.50. The van der Waals surface area contributed by atoms with Crippen molar-refractivity contribution in [1.29, 1.82) is 0 Å². The second-order valence-corrected chi connectivity index (χ2v) is 4.16. The van der Waals surface area contributed by atoms with E-state index in [0.29, 0.717) is 24.8 Å². The van der Waals surface area contributed by atoms with E-state index in [0.717, 1.165) is 12.8 Å². The molecular weight excluding hydrogens is 232 g/mol. The van der Waals surface area contributed by atoms with Crippen LogP contribution in [-0.2, 0) is 4.79 Å². The summed E-state index contributed by atoms with van der Waals surface area (Å²) in [4.78, 5) is 24.1. The molecule has 0 saturated carbocycles. The molecule has 1 fully saturated rings. The number of ether oxygens (including phenoxy) is 1. The minimum absolute atomic E-state index is 0.0411. The normalized spacial score (nSPS) is 16.1. The van der Waals surface area contributed by atoms with Gasteiger partial charge in [0, 0.05) is 45.2 Å². The van der Waals surface area contributed by atoms with Gasteiger partial charge in [-0.2, -0.15) is 0 Å². The highest BCUT2D eigenvalue weighted by Crippen LogP contribution is 2.17. The molecule has 2 rings (SSSR count). The molecule has 6 heteroatoms. The summed E-state index contributed by atoms with van der Waals surface area (Å²) in [5.41, 5.74) is 0.397.